The summed E-state index contributed by atoms with van der Waals surface area (Å²) in [6.45, 7) is 1.31. The quantitative estimate of drug-likeness (QED) is 0.348. The van der Waals surface area contributed by atoms with E-state index in [2.05, 4.69) is 0 Å². The summed E-state index contributed by atoms with van der Waals surface area (Å²) in [5.41, 5.74) is 1.61. The van der Waals surface area contributed by atoms with E-state index in [0.717, 1.165) is 29.6 Å². The van der Waals surface area contributed by atoms with Crippen LogP contribution in [0.25, 0.3) is 0 Å². The molecule has 1 saturated carbocycles. The number of ether oxygens (including phenoxy) is 1. The van der Waals surface area contributed by atoms with Crippen molar-refractivity contribution in [2.75, 3.05) is 23.7 Å². The molecule has 3 atom stereocenters. The Kier molecular flexibility index (Phi) is 6.30. The molecule has 2 amide bonds. The Morgan fingerprint density at radius 1 is 1.09 bits per heavy atom. The second kappa shape index (κ2) is 8.89. The molecule has 1 aromatic carbocycles. The van der Waals surface area contributed by atoms with Crippen molar-refractivity contribution in [2.45, 2.75) is 51.5 Å². The van der Waals surface area contributed by atoms with Crippen molar-refractivity contribution in [2.24, 2.45) is 11.8 Å². The summed E-state index contributed by atoms with van der Waals surface area (Å²) in [6.07, 6.45) is 5.52. The van der Waals surface area contributed by atoms with Crippen LogP contribution in [0.15, 0.2) is 18.2 Å². The number of carbonyl (C=O) groups excluding carboxylic acids is 4. The number of imide groups is 1. The average Bonchev–Trinajstić information content (AvgIpc) is 3.05. The standard InChI is InChI=1S/C23H28N2O7S/c1-14(25-21(27)17-7-3-4-8-18(17)22(25)28)23(29)32-13-20(26)16-9-10-19-15(12-16)6-5-11-24(19)33(2,30)31/h9-10,12,14,17-18H,3-8,11,13H2,1-2H3/t14-,17?,18?/m0/s1. The van der Waals surface area contributed by atoms with Crippen molar-refractivity contribution < 1.29 is 32.3 Å². The molecule has 1 saturated heterocycles. The van der Waals surface area contributed by atoms with Crippen molar-refractivity contribution >= 4 is 39.3 Å². The summed E-state index contributed by atoms with van der Waals surface area (Å²) >= 11 is 0. The first-order valence-corrected chi connectivity index (χ1v) is 13.1. The van der Waals surface area contributed by atoms with Crippen LogP contribution in [0.3, 0.4) is 0 Å². The van der Waals surface area contributed by atoms with Crippen molar-refractivity contribution in [3.8, 4) is 0 Å². The number of fused-ring (bicyclic) bond motifs is 2. The SMILES string of the molecule is C[C@@H](C(=O)OCC(=O)c1ccc2c(c1)CCCN2S(C)(=O)=O)N1C(=O)C2CCCCC2C1=O. The molecule has 3 aliphatic rings. The number of ketones is 1. The van der Waals surface area contributed by atoms with Crippen LogP contribution in [0.1, 0.15) is 54.9 Å². The first-order valence-electron chi connectivity index (χ1n) is 11.3. The van der Waals surface area contributed by atoms with Crippen LogP contribution in [0, 0.1) is 11.8 Å². The van der Waals surface area contributed by atoms with Crippen LogP contribution in [0.2, 0.25) is 0 Å². The van der Waals surface area contributed by atoms with E-state index in [9.17, 15) is 27.6 Å². The number of hydrogen-bond donors (Lipinski definition) is 0. The van der Waals surface area contributed by atoms with E-state index in [1.54, 1.807) is 12.1 Å². The lowest BCUT2D eigenvalue weighted by Crippen LogP contribution is -2.44. The Morgan fingerprint density at radius 2 is 1.73 bits per heavy atom. The number of carbonyl (C=O) groups is 4. The number of amides is 2. The van der Waals surface area contributed by atoms with E-state index in [1.807, 2.05) is 0 Å². The van der Waals surface area contributed by atoms with Gasteiger partial charge in [0, 0.05) is 12.1 Å². The lowest BCUT2D eigenvalue weighted by atomic mass is 9.81. The Morgan fingerprint density at radius 3 is 2.33 bits per heavy atom. The Balaban J connectivity index is 1.40. The van der Waals surface area contributed by atoms with Gasteiger partial charge in [-0.3, -0.25) is 23.6 Å². The minimum absolute atomic E-state index is 0.309. The number of likely N-dealkylation sites (tertiary alicyclic amines) is 1. The number of esters is 1. The molecule has 2 fully saturated rings. The number of anilines is 1. The first-order chi connectivity index (χ1) is 15.6. The van der Waals surface area contributed by atoms with E-state index < -0.39 is 34.4 Å². The molecule has 178 valence electrons. The molecule has 2 unspecified atom stereocenters. The predicted octanol–water partition coefficient (Wildman–Crippen LogP) is 1.69. The molecule has 0 N–H and O–H groups in total. The third-order valence-corrected chi connectivity index (χ3v) is 8.01. The van der Waals surface area contributed by atoms with Gasteiger partial charge in [0.2, 0.25) is 21.8 Å². The first kappa shape index (κ1) is 23.4. The maximum atomic E-state index is 12.7. The monoisotopic (exact) mass is 476 g/mol. The highest BCUT2D eigenvalue weighted by Gasteiger charge is 2.51. The highest BCUT2D eigenvalue weighted by Crippen LogP contribution is 2.39. The molecule has 0 spiro atoms. The minimum Gasteiger partial charge on any atom is -0.456 e. The molecule has 2 heterocycles. The van der Waals surface area contributed by atoms with Crippen molar-refractivity contribution in [3.05, 3.63) is 29.3 Å². The molecule has 1 aliphatic carbocycles. The summed E-state index contributed by atoms with van der Waals surface area (Å²) in [7, 11) is -3.41. The van der Waals surface area contributed by atoms with Crippen molar-refractivity contribution in [3.63, 3.8) is 0 Å². The zero-order chi connectivity index (χ0) is 23.9. The highest BCUT2D eigenvalue weighted by atomic mass is 32.2. The lowest BCUT2D eigenvalue weighted by molar-refractivity contribution is -0.157. The fourth-order valence-corrected chi connectivity index (χ4v) is 6.09. The number of sulfonamides is 1. The molecule has 1 aromatic rings. The van der Waals surface area contributed by atoms with Crippen LogP contribution in [-0.2, 0) is 35.6 Å². The third-order valence-electron chi connectivity index (χ3n) is 6.83. The molecular formula is C23H28N2O7S. The number of aryl methyl sites for hydroxylation is 1. The van der Waals surface area contributed by atoms with Crippen LogP contribution >= 0.6 is 0 Å². The van der Waals surface area contributed by atoms with Crippen LogP contribution < -0.4 is 4.31 Å². The number of Topliss-reactive ketones (excluding diaryl/α,β-unsaturated/α-hetero) is 1. The zero-order valence-corrected chi connectivity index (χ0v) is 19.6. The Labute approximate surface area is 193 Å². The second-order valence-corrected chi connectivity index (χ2v) is 10.9. The Bertz CT molecular complexity index is 1090. The highest BCUT2D eigenvalue weighted by molar-refractivity contribution is 7.92. The fraction of sp³-hybridized carbons (Fsp3) is 0.565. The largest absolute Gasteiger partial charge is 0.456 e. The van der Waals surface area contributed by atoms with Gasteiger partial charge in [-0.15, -0.1) is 0 Å². The second-order valence-electron chi connectivity index (χ2n) is 9.03. The molecule has 9 nitrogen and oxygen atoms in total. The summed E-state index contributed by atoms with van der Waals surface area (Å²) < 4.78 is 30.5. The third kappa shape index (κ3) is 4.40. The molecule has 4 rings (SSSR count). The van der Waals surface area contributed by atoms with Gasteiger partial charge in [0.05, 0.1) is 23.8 Å². The fourth-order valence-electron chi connectivity index (χ4n) is 5.10. The lowest BCUT2D eigenvalue weighted by Gasteiger charge is -2.29. The summed E-state index contributed by atoms with van der Waals surface area (Å²) in [5, 5.41) is 0. The average molecular weight is 477 g/mol. The van der Waals surface area contributed by atoms with Gasteiger partial charge in [0.1, 0.15) is 6.04 Å². The molecule has 10 heteroatoms. The van der Waals surface area contributed by atoms with Gasteiger partial charge in [-0.25, -0.2) is 13.2 Å². The van der Waals surface area contributed by atoms with E-state index in [0.29, 0.717) is 43.5 Å². The number of hydrogen-bond acceptors (Lipinski definition) is 7. The number of nitrogens with zero attached hydrogens (tertiary/aromatic N) is 2. The van der Waals surface area contributed by atoms with E-state index in [4.69, 9.17) is 4.74 Å². The van der Waals surface area contributed by atoms with Gasteiger partial charge < -0.3 is 4.74 Å². The van der Waals surface area contributed by atoms with Crippen LogP contribution in [0.4, 0.5) is 5.69 Å². The minimum atomic E-state index is -3.41. The van der Waals surface area contributed by atoms with Gasteiger partial charge in [-0.1, -0.05) is 12.8 Å². The zero-order valence-electron chi connectivity index (χ0n) is 18.8. The van der Waals surface area contributed by atoms with E-state index >= 15 is 0 Å². The van der Waals surface area contributed by atoms with Crippen molar-refractivity contribution in [1.82, 2.24) is 4.90 Å². The number of rotatable bonds is 6. The van der Waals surface area contributed by atoms with Crippen LogP contribution in [0.5, 0.6) is 0 Å². The summed E-state index contributed by atoms with van der Waals surface area (Å²) in [4.78, 5) is 51.5. The molecule has 0 radical (unpaired) electrons. The van der Waals surface area contributed by atoms with Crippen LogP contribution in [-0.4, -0.2) is 62.3 Å². The molecular weight excluding hydrogens is 448 g/mol. The van der Waals surface area contributed by atoms with Crippen molar-refractivity contribution in [1.29, 1.82) is 0 Å². The predicted molar refractivity (Wildman–Crippen MR) is 119 cm³/mol. The maximum absolute atomic E-state index is 12.7. The molecule has 33 heavy (non-hydrogen) atoms. The van der Waals surface area contributed by atoms with Gasteiger partial charge in [0.15, 0.2) is 12.4 Å². The van der Waals surface area contributed by atoms with E-state index in [1.165, 1.54) is 17.3 Å². The number of benzene rings is 1. The smallest absolute Gasteiger partial charge is 0.329 e. The topological polar surface area (TPSA) is 118 Å². The Hall–Kier alpha value is -2.75. The molecule has 2 aliphatic heterocycles. The van der Waals surface area contributed by atoms with Gasteiger partial charge in [0.25, 0.3) is 0 Å². The summed E-state index contributed by atoms with van der Waals surface area (Å²) in [6, 6.07) is 3.65. The van der Waals surface area contributed by atoms with E-state index in [-0.39, 0.29) is 23.7 Å². The van der Waals surface area contributed by atoms with Gasteiger partial charge >= 0.3 is 5.97 Å². The maximum Gasteiger partial charge on any atom is 0.329 e. The normalized spacial score (nSPS) is 23.7. The summed E-state index contributed by atoms with van der Waals surface area (Å²) in [5.74, 6) is -2.61. The van der Waals surface area contributed by atoms with Gasteiger partial charge in [-0.2, -0.15) is 0 Å². The molecule has 0 bridgehead atoms. The van der Waals surface area contributed by atoms with Gasteiger partial charge in [-0.05, 0) is 56.4 Å². The molecule has 0 aromatic heterocycles.